The van der Waals surface area contributed by atoms with Gasteiger partial charge in [0.05, 0.1) is 17.5 Å². The average molecular weight is 380 g/mol. The van der Waals surface area contributed by atoms with Crippen LogP contribution in [0.5, 0.6) is 0 Å². The number of aromatic nitrogens is 2. The Hall–Kier alpha value is -2.86. The summed E-state index contributed by atoms with van der Waals surface area (Å²) in [4.78, 5) is 30.1. The molecule has 0 fully saturated rings. The van der Waals surface area contributed by atoms with E-state index in [0.717, 1.165) is 5.56 Å². The van der Waals surface area contributed by atoms with Gasteiger partial charge in [0.1, 0.15) is 5.25 Å². The van der Waals surface area contributed by atoms with Crippen LogP contribution in [0.3, 0.4) is 0 Å². The van der Waals surface area contributed by atoms with Crippen LogP contribution in [-0.2, 0) is 16.1 Å². The third kappa shape index (κ3) is 4.11. The molecule has 0 unspecified atom stereocenters. The third-order valence-electron chi connectivity index (χ3n) is 3.96. The molecule has 1 atom stereocenters. The SMILES string of the molecule is C=CCn1c(S[C@@H](C(=O)OCC)c2ccccc2)nc2ccccc2c1=O. The largest absolute Gasteiger partial charge is 0.465 e. The number of hydrogen-bond acceptors (Lipinski definition) is 5. The summed E-state index contributed by atoms with van der Waals surface area (Å²) >= 11 is 1.21. The van der Waals surface area contributed by atoms with Crippen LogP contribution in [0.1, 0.15) is 17.7 Å². The van der Waals surface area contributed by atoms with Crippen molar-refractivity contribution in [3.63, 3.8) is 0 Å². The number of esters is 1. The van der Waals surface area contributed by atoms with Gasteiger partial charge >= 0.3 is 5.97 Å². The van der Waals surface area contributed by atoms with Gasteiger partial charge in [-0.2, -0.15) is 0 Å². The maximum absolute atomic E-state index is 12.9. The number of fused-ring (bicyclic) bond motifs is 1. The Morgan fingerprint density at radius 2 is 1.93 bits per heavy atom. The van der Waals surface area contributed by atoms with Crippen molar-refractivity contribution in [2.24, 2.45) is 0 Å². The Morgan fingerprint density at radius 1 is 1.22 bits per heavy atom. The summed E-state index contributed by atoms with van der Waals surface area (Å²) in [7, 11) is 0. The van der Waals surface area contributed by atoms with Gasteiger partial charge in [0.2, 0.25) is 0 Å². The number of thioether (sulfide) groups is 1. The number of carbonyl (C=O) groups is 1. The molecule has 0 saturated carbocycles. The number of hydrogen-bond donors (Lipinski definition) is 0. The highest BCUT2D eigenvalue weighted by Gasteiger charge is 2.26. The number of rotatable bonds is 7. The Morgan fingerprint density at radius 3 is 2.63 bits per heavy atom. The molecule has 0 bridgehead atoms. The second-order valence-electron chi connectivity index (χ2n) is 5.78. The molecule has 0 radical (unpaired) electrons. The maximum atomic E-state index is 12.9. The topological polar surface area (TPSA) is 61.2 Å². The number of para-hydroxylation sites is 1. The molecule has 138 valence electrons. The molecule has 1 heterocycles. The van der Waals surface area contributed by atoms with E-state index < -0.39 is 5.25 Å². The van der Waals surface area contributed by atoms with E-state index in [-0.39, 0.29) is 18.1 Å². The van der Waals surface area contributed by atoms with Gasteiger partial charge in [-0.25, -0.2) is 4.98 Å². The smallest absolute Gasteiger partial charge is 0.324 e. The van der Waals surface area contributed by atoms with E-state index in [2.05, 4.69) is 11.6 Å². The van der Waals surface area contributed by atoms with Crippen LogP contribution < -0.4 is 5.56 Å². The second-order valence-corrected chi connectivity index (χ2v) is 6.85. The van der Waals surface area contributed by atoms with Gasteiger partial charge in [0, 0.05) is 6.54 Å². The first-order chi connectivity index (χ1) is 13.2. The fraction of sp³-hybridized carbons (Fsp3) is 0.190. The fourth-order valence-electron chi connectivity index (χ4n) is 2.73. The van der Waals surface area contributed by atoms with Crippen LogP contribution in [-0.4, -0.2) is 22.1 Å². The second kappa shape index (κ2) is 8.68. The minimum Gasteiger partial charge on any atom is -0.465 e. The molecule has 6 heteroatoms. The van der Waals surface area contributed by atoms with Crippen molar-refractivity contribution in [1.82, 2.24) is 9.55 Å². The monoisotopic (exact) mass is 380 g/mol. The normalized spacial score (nSPS) is 11.9. The Labute approximate surface area is 161 Å². The first kappa shape index (κ1) is 18.9. The van der Waals surface area contributed by atoms with Crippen LogP contribution in [0, 0.1) is 0 Å². The van der Waals surface area contributed by atoms with Gasteiger partial charge in [0.25, 0.3) is 5.56 Å². The summed E-state index contributed by atoms with van der Waals surface area (Å²) in [6.07, 6.45) is 1.64. The van der Waals surface area contributed by atoms with Gasteiger partial charge in [-0.15, -0.1) is 6.58 Å². The molecule has 0 N–H and O–H groups in total. The zero-order chi connectivity index (χ0) is 19.2. The summed E-state index contributed by atoms with van der Waals surface area (Å²) in [5, 5.41) is 0.381. The van der Waals surface area contributed by atoms with Gasteiger partial charge in [-0.05, 0) is 24.6 Å². The lowest BCUT2D eigenvalue weighted by Gasteiger charge is -2.18. The third-order valence-corrected chi connectivity index (χ3v) is 5.19. The van der Waals surface area contributed by atoms with E-state index in [1.165, 1.54) is 16.3 Å². The van der Waals surface area contributed by atoms with E-state index in [9.17, 15) is 9.59 Å². The van der Waals surface area contributed by atoms with Gasteiger partial charge < -0.3 is 4.74 Å². The summed E-state index contributed by atoms with van der Waals surface area (Å²) in [6.45, 7) is 6.10. The van der Waals surface area contributed by atoms with Gasteiger partial charge in [-0.1, -0.05) is 60.3 Å². The molecule has 5 nitrogen and oxygen atoms in total. The van der Waals surface area contributed by atoms with Crippen molar-refractivity contribution in [3.8, 4) is 0 Å². The first-order valence-corrected chi connectivity index (χ1v) is 9.52. The number of carbonyl (C=O) groups excluding carboxylic acids is 1. The summed E-state index contributed by atoms with van der Waals surface area (Å²) in [5.74, 6) is -0.360. The number of nitrogens with zero attached hydrogens (tertiary/aromatic N) is 2. The maximum Gasteiger partial charge on any atom is 0.324 e. The Balaban J connectivity index is 2.11. The lowest BCUT2D eigenvalue weighted by atomic mass is 10.1. The van der Waals surface area contributed by atoms with Crippen molar-refractivity contribution in [2.45, 2.75) is 23.9 Å². The van der Waals surface area contributed by atoms with Crippen molar-refractivity contribution >= 4 is 28.6 Å². The minimum atomic E-state index is -0.615. The molecular formula is C21H20N2O3S. The lowest BCUT2D eigenvalue weighted by Crippen LogP contribution is -2.24. The summed E-state index contributed by atoms with van der Waals surface area (Å²) in [5.41, 5.74) is 1.24. The molecule has 0 aliphatic heterocycles. The molecular weight excluding hydrogens is 360 g/mol. The fourth-order valence-corrected chi connectivity index (χ4v) is 3.84. The number of ether oxygens (including phenoxy) is 1. The molecule has 27 heavy (non-hydrogen) atoms. The molecule has 0 spiro atoms. The zero-order valence-corrected chi connectivity index (χ0v) is 15.8. The minimum absolute atomic E-state index is 0.154. The standard InChI is InChI=1S/C21H20N2O3S/c1-3-14-23-19(24)16-12-8-9-13-17(16)22-21(23)27-18(20(25)26-4-2)15-10-6-5-7-11-15/h3,5-13,18H,1,4,14H2,2H3/t18-/m1/s1. The summed E-state index contributed by atoms with van der Waals surface area (Å²) in [6, 6.07) is 16.5. The quantitative estimate of drug-likeness (QED) is 0.269. The van der Waals surface area contributed by atoms with Crippen LogP contribution in [0.25, 0.3) is 10.9 Å². The molecule has 3 rings (SSSR count). The highest BCUT2D eigenvalue weighted by Crippen LogP contribution is 2.35. The molecule has 0 saturated heterocycles. The van der Waals surface area contributed by atoms with Crippen LogP contribution >= 0.6 is 11.8 Å². The van der Waals surface area contributed by atoms with Crippen molar-refractivity contribution in [3.05, 3.63) is 83.2 Å². The summed E-state index contributed by atoms with van der Waals surface area (Å²) < 4.78 is 6.79. The van der Waals surface area contributed by atoms with Crippen molar-refractivity contribution in [1.29, 1.82) is 0 Å². The van der Waals surface area contributed by atoms with Gasteiger partial charge in [0.15, 0.2) is 5.16 Å². The predicted molar refractivity (Wildman–Crippen MR) is 108 cm³/mol. The Kier molecular flexibility index (Phi) is 6.08. The molecule has 3 aromatic rings. The van der Waals surface area contributed by atoms with E-state index in [1.54, 1.807) is 25.1 Å². The van der Waals surface area contributed by atoms with Gasteiger partial charge in [-0.3, -0.25) is 14.2 Å². The van der Waals surface area contributed by atoms with E-state index in [0.29, 0.717) is 22.6 Å². The number of benzene rings is 2. The highest BCUT2D eigenvalue weighted by atomic mass is 32.2. The lowest BCUT2D eigenvalue weighted by molar-refractivity contribution is -0.142. The van der Waals surface area contributed by atoms with E-state index >= 15 is 0 Å². The predicted octanol–water partition coefficient (Wildman–Crippen LogP) is 3.98. The van der Waals surface area contributed by atoms with Crippen LogP contribution in [0.4, 0.5) is 0 Å². The molecule has 0 aliphatic carbocycles. The van der Waals surface area contributed by atoms with E-state index in [4.69, 9.17) is 4.74 Å². The van der Waals surface area contributed by atoms with Crippen LogP contribution in [0.15, 0.2) is 77.2 Å². The van der Waals surface area contributed by atoms with Crippen LogP contribution in [0.2, 0.25) is 0 Å². The van der Waals surface area contributed by atoms with Crippen molar-refractivity contribution in [2.75, 3.05) is 6.61 Å². The Bertz CT molecular complexity index is 1010. The molecule has 1 aromatic heterocycles. The molecule has 0 aliphatic rings. The number of allylic oxidation sites excluding steroid dienone is 1. The average Bonchev–Trinajstić information content (AvgIpc) is 2.69. The zero-order valence-electron chi connectivity index (χ0n) is 15.0. The highest BCUT2D eigenvalue weighted by molar-refractivity contribution is 8.00. The van der Waals surface area contributed by atoms with E-state index in [1.807, 2.05) is 42.5 Å². The molecule has 0 amide bonds. The first-order valence-electron chi connectivity index (χ1n) is 8.64. The van der Waals surface area contributed by atoms with Crippen molar-refractivity contribution < 1.29 is 9.53 Å². The molecule has 2 aromatic carbocycles.